The highest BCUT2D eigenvalue weighted by Crippen LogP contribution is 2.29. The average Bonchev–Trinajstić information content (AvgIpc) is 2.77. The number of methoxy groups -OCH3 is 1. The van der Waals surface area contributed by atoms with Crippen LogP contribution in [0.4, 0.5) is 0 Å². The van der Waals surface area contributed by atoms with Crippen LogP contribution in [-0.4, -0.2) is 28.3 Å². The third-order valence-electron chi connectivity index (χ3n) is 2.01. The third kappa shape index (κ3) is 1.60. The lowest BCUT2D eigenvalue weighted by Crippen LogP contribution is -1.98. The highest BCUT2D eigenvalue weighted by atomic mass is 16.5. The molecule has 82 valence electrons. The fraction of sp³-hybridized carbons (Fsp3) is 0.100. The van der Waals surface area contributed by atoms with Gasteiger partial charge in [-0.05, 0) is 12.1 Å². The molecule has 2 aromatic heterocycles. The van der Waals surface area contributed by atoms with E-state index in [1.54, 1.807) is 12.1 Å². The number of carbonyl (C=O) groups is 1. The molecule has 0 aliphatic heterocycles. The summed E-state index contributed by atoms with van der Waals surface area (Å²) in [6.07, 6.45) is 2.65. The van der Waals surface area contributed by atoms with Crippen molar-refractivity contribution in [3.05, 3.63) is 30.1 Å². The molecule has 6 nitrogen and oxygen atoms in total. The molecule has 6 heteroatoms. The van der Waals surface area contributed by atoms with Gasteiger partial charge in [0.05, 0.1) is 13.3 Å². The maximum atomic E-state index is 10.9. The molecule has 0 aromatic carbocycles. The van der Waals surface area contributed by atoms with Gasteiger partial charge in [0.2, 0.25) is 5.76 Å². The number of pyridine rings is 1. The summed E-state index contributed by atoms with van der Waals surface area (Å²) in [7, 11) is 1.47. The summed E-state index contributed by atoms with van der Waals surface area (Å²) in [5.74, 6) is -0.601. The third-order valence-corrected chi connectivity index (χ3v) is 2.01. The second-order valence-electron chi connectivity index (χ2n) is 2.93. The van der Waals surface area contributed by atoms with E-state index in [1.807, 2.05) is 0 Å². The minimum Gasteiger partial charge on any atom is -0.494 e. The van der Waals surface area contributed by atoms with Crippen LogP contribution in [0.3, 0.4) is 0 Å². The number of rotatable bonds is 3. The molecule has 0 fully saturated rings. The summed E-state index contributed by atoms with van der Waals surface area (Å²) < 4.78 is 9.94. The Bertz CT molecular complexity index is 521. The molecule has 0 spiro atoms. The SMILES string of the molecule is COc1cccnc1-c1oncc1C(=O)O. The van der Waals surface area contributed by atoms with Crippen molar-refractivity contribution in [2.24, 2.45) is 0 Å². The number of ether oxygens (including phenoxy) is 1. The molecule has 0 aliphatic rings. The van der Waals surface area contributed by atoms with Crippen LogP contribution in [0.5, 0.6) is 5.75 Å². The van der Waals surface area contributed by atoms with Gasteiger partial charge >= 0.3 is 5.97 Å². The van der Waals surface area contributed by atoms with E-state index in [0.29, 0.717) is 11.4 Å². The normalized spacial score (nSPS) is 10.1. The second-order valence-corrected chi connectivity index (χ2v) is 2.93. The van der Waals surface area contributed by atoms with Gasteiger partial charge < -0.3 is 14.4 Å². The van der Waals surface area contributed by atoms with E-state index in [9.17, 15) is 4.79 Å². The van der Waals surface area contributed by atoms with Gasteiger partial charge in [-0.3, -0.25) is 0 Å². The molecule has 1 N–H and O–H groups in total. The minimum absolute atomic E-state index is 0.0444. The quantitative estimate of drug-likeness (QED) is 0.842. The lowest BCUT2D eigenvalue weighted by atomic mass is 10.2. The molecule has 0 saturated heterocycles. The number of carboxylic acids is 1. The van der Waals surface area contributed by atoms with Crippen LogP contribution >= 0.6 is 0 Å². The summed E-state index contributed by atoms with van der Waals surface area (Å²) in [5.41, 5.74) is 0.275. The van der Waals surface area contributed by atoms with Crippen molar-refractivity contribution >= 4 is 5.97 Å². The zero-order valence-corrected chi connectivity index (χ0v) is 8.38. The molecular weight excluding hydrogens is 212 g/mol. The summed E-state index contributed by atoms with van der Waals surface area (Å²) in [6, 6.07) is 3.34. The topological polar surface area (TPSA) is 85.5 Å². The number of aromatic carboxylic acids is 1. The lowest BCUT2D eigenvalue weighted by molar-refractivity contribution is 0.0697. The van der Waals surface area contributed by atoms with Gasteiger partial charge in [-0.2, -0.15) is 0 Å². The molecule has 16 heavy (non-hydrogen) atoms. The van der Waals surface area contributed by atoms with Crippen LogP contribution in [0.1, 0.15) is 10.4 Å². The van der Waals surface area contributed by atoms with Crippen molar-refractivity contribution in [1.82, 2.24) is 10.1 Å². The van der Waals surface area contributed by atoms with Crippen molar-refractivity contribution in [2.75, 3.05) is 7.11 Å². The van der Waals surface area contributed by atoms with Gasteiger partial charge in [0.15, 0.2) is 5.69 Å². The Morgan fingerprint density at radius 1 is 1.56 bits per heavy atom. The Balaban J connectivity index is 2.58. The van der Waals surface area contributed by atoms with Crippen LogP contribution in [0.15, 0.2) is 29.0 Å². The van der Waals surface area contributed by atoms with Crippen LogP contribution in [0.2, 0.25) is 0 Å². The Morgan fingerprint density at radius 3 is 3.06 bits per heavy atom. The monoisotopic (exact) mass is 220 g/mol. The Labute approximate surface area is 90.5 Å². The molecule has 0 radical (unpaired) electrons. The first-order valence-corrected chi connectivity index (χ1v) is 4.41. The van der Waals surface area contributed by atoms with E-state index in [4.69, 9.17) is 14.4 Å². The van der Waals surface area contributed by atoms with Crippen molar-refractivity contribution in [3.8, 4) is 17.2 Å². The number of hydrogen-bond acceptors (Lipinski definition) is 5. The molecule has 2 rings (SSSR count). The fourth-order valence-electron chi connectivity index (χ4n) is 1.29. The highest BCUT2D eigenvalue weighted by molar-refractivity contribution is 5.94. The predicted octanol–water partition coefficient (Wildman–Crippen LogP) is 1.44. The average molecular weight is 220 g/mol. The molecular formula is C10H8N2O4. The second kappa shape index (κ2) is 4.01. The van der Waals surface area contributed by atoms with Gasteiger partial charge in [0.25, 0.3) is 0 Å². The maximum Gasteiger partial charge on any atom is 0.341 e. The molecule has 0 aliphatic carbocycles. The van der Waals surface area contributed by atoms with Gasteiger partial charge in [-0.25, -0.2) is 9.78 Å². The van der Waals surface area contributed by atoms with Gasteiger partial charge in [0.1, 0.15) is 11.3 Å². The van der Waals surface area contributed by atoms with E-state index in [2.05, 4.69) is 10.1 Å². The standard InChI is InChI=1S/C10H8N2O4/c1-15-7-3-2-4-11-8(7)9-6(10(13)14)5-12-16-9/h2-5H,1H3,(H,13,14). The first-order chi connectivity index (χ1) is 7.74. The van der Waals surface area contributed by atoms with Crippen LogP contribution in [-0.2, 0) is 0 Å². The molecule has 2 aromatic rings. The molecule has 0 amide bonds. The molecule has 0 atom stereocenters. The zero-order valence-electron chi connectivity index (χ0n) is 8.38. The molecule has 0 unspecified atom stereocenters. The summed E-state index contributed by atoms with van der Waals surface area (Å²) in [6.45, 7) is 0. The maximum absolute atomic E-state index is 10.9. The van der Waals surface area contributed by atoms with Gasteiger partial charge in [-0.1, -0.05) is 5.16 Å². The summed E-state index contributed by atoms with van der Waals surface area (Å²) in [5, 5.41) is 12.4. The van der Waals surface area contributed by atoms with Crippen LogP contribution in [0, 0.1) is 0 Å². The van der Waals surface area contributed by atoms with E-state index in [0.717, 1.165) is 6.20 Å². The Hall–Kier alpha value is -2.37. The smallest absolute Gasteiger partial charge is 0.341 e. The number of nitrogens with zero attached hydrogens (tertiary/aromatic N) is 2. The van der Waals surface area contributed by atoms with Crippen molar-refractivity contribution < 1.29 is 19.2 Å². The minimum atomic E-state index is -1.12. The van der Waals surface area contributed by atoms with E-state index < -0.39 is 5.97 Å². The van der Waals surface area contributed by atoms with E-state index >= 15 is 0 Å². The first-order valence-electron chi connectivity index (χ1n) is 4.41. The Kier molecular flexibility index (Phi) is 2.55. The first kappa shape index (κ1) is 10.2. The Morgan fingerprint density at radius 2 is 2.38 bits per heavy atom. The molecule has 2 heterocycles. The van der Waals surface area contributed by atoms with Gasteiger partial charge in [0, 0.05) is 6.20 Å². The summed E-state index contributed by atoms with van der Waals surface area (Å²) >= 11 is 0. The van der Waals surface area contributed by atoms with Crippen molar-refractivity contribution in [2.45, 2.75) is 0 Å². The highest BCUT2D eigenvalue weighted by Gasteiger charge is 2.20. The van der Waals surface area contributed by atoms with E-state index in [-0.39, 0.29) is 11.3 Å². The van der Waals surface area contributed by atoms with Gasteiger partial charge in [-0.15, -0.1) is 0 Å². The zero-order chi connectivity index (χ0) is 11.5. The molecule has 0 bridgehead atoms. The number of carboxylic acid groups (broad SMARTS) is 1. The van der Waals surface area contributed by atoms with Crippen molar-refractivity contribution in [3.63, 3.8) is 0 Å². The van der Waals surface area contributed by atoms with E-state index in [1.165, 1.54) is 13.3 Å². The van der Waals surface area contributed by atoms with Crippen LogP contribution in [0.25, 0.3) is 11.5 Å². The lowest BCUT2D eigenvalue weighted by Gasteiger charge is -2.03. The number of aromatic nitrogens is 2. The largest absolute Gasteiger partial charge is 0.494 e. The number of hydrogen-bond donors (Lipinski definition) is 1. The predicted molar refractivity (Wildman–Crippen MR) is 53.2 cm³/mol. The summed E-state index contributed by atoms with van der Waals surface area (Å²) in [4.78, 5) is 14.9. The molecule has 0 saturated carbocycles. The van der Waals surface area contributed by atoms with Crippen molar-refractivity contribution in [1.29, 1.82) is 0 Å². The van der Waals surface area contributed by atoms with Crippen LogP contribution < -0.4 is 4.74 Å². The fourth-order valence-corrected chi connectivity index (χ4v) is 1.29.